The molecule has 0 bridgehead atoms. The summed E-state index contributed by atoms with van der Waals surface area (Å²) < 4.78 is 5.55. The number of carbonyl (C=O) groups excluding carboxylic acids is 1. The second-order valence-corrected chi connectivity index (χ2v) is 10.2. The number of rotatable bonds is 5. The third kappa shape index (κ3) is 3.62. The maximum atomic E-state index is 11.6. The molecule has 7 unspecified atom stereocenters. The van der Waals surface area contributed by atoms with Crippen LogP contribution in [0.15, 0.2) is 12.7 Å². The Morgan fingerprint density at radius 1 is 1.11 bits per heavy atom. The molecule has 0 saturated heterocycles. The number of fused-ring (bicyclic) bond motifs is 3. The van der Waals surface area contributed by atoms with Crippen LogP contribution in [0.25, 0.3) is 0 Å². The van der Waals surface area contributed by atoms with E-state index in [1.807, 2.05) is 6.92 Å². The Balaban J connectivity index is 1.82. The maximum Gasteiger partial charge on any atom is 0.330 e. The summed E-state index contributed by atoms with van der Waals surface area (Å²) in [6.45, 7) is 10.1. The number of aliphatic hydroxyl groups is 1. The molecule has 0 aromatic rings. The van der Waals surface area contributed by atoms with Crippen LogP contribution in [0, 0.1) is 28.6 Å². The van der Waals surface area contributed by atoms with E-state index in [1.165, 1.54) is 6.08 Å². The van der Waals surface area contributed by atoms with Crippen LogP contribution in [0.1, 0.15) is 78.6 Å². The molecule has 7 atom stereocenters. The van der Waals surface area contributed by atoms with E-state index in [2.05, 4.69) is 20.4 Å². The second kappa shape index (κ2) is 7.47. The number of carboxylic acids is 1. The first-order chi connectivity index (χ1) is 13.0. The molecule has 3 aliphatic rings. The molecule has 0 amide bonds. The van der Waals surface area contributed by atoms with E-state index in [4.69, 9.17) is 4.74 Å². The minimum atomic E-state index is -0.805. The van der Waals surface area contributed by atoms with Crippen LogP contribution < -0.4 is 0 Å². The monoisotopic (exact) mass is 392 g/mol. The van der Waals surface area contributed by atoms with Gasteiger partial charge in [0.25, 0.3) is 0 Å². The summed E-state index contributed by atoms with van der Waals surface area (Å²) in [5.74, 6) is -0.148. The molecule has 0 aliphatic heterocycles. The average molecular weight is 393 g/mol. The average Bonchev–Trinajstić information content (AvgIpc) is 2.60. The Kier molecular flexibility index (Phi) is 5.70. The summed E-state index contributed by atoms with van der Waals surface area (Å²) in [6.07, 6.45) is 8.41. The second-order valence-electron chi connectivity index (χ2n) is 10.2. The molecule has 0 spiro atoms. The molecule has 3 saturated carbocycles. The molecule has 0 aromatic heterocycles. The highest BCUT2D eigenvalue weighted by Gasteiger charge is 2.62. The lowest BCUT2D eigenvalue weighted by Gasteiger charge is -2.65. The van der Waals surface area contributed by atoms with Gasteiger partial charge in [0.05, 0.1) is 5.60 Å². The van der Waals surface area contributed by atoms with Crippen molar-refractivity contribution in [1.29, 1.82) is 0 Å². The zero-order chi connectivity index (χ0) is 20.7. The minimum absolute atomic E-state index is 0.00365. The van der Waals surface area contributed by atoms with Gasteiger partial charge < -0.3 is 14.9 Å². The van der Waals surface area contributed by atoms with Gasteiger partial charge in [0, 0.05) is 12.5 Å². The molecule has 2 N–H and O–H groups in total. The van der Waals surface area contributed by atoms with Gasteiger partial charge in [-0.05, 0) is 86.9 Å². The normalized spacial score (nSPS) is 45.4. The van der Waals surface area contributed by atoms with Crippen LogP contribution in [0.2, 0.25) is 0 Å². The summed E-state index contributed by atoms with van der Waals surface area (Å²) in [4.78, 5) is 22.9. The van der Waals surface area contributed by atoms with Crippen molar-refractivity contribution < 1.29 is 24.5 Å². The molecule has 3 aliphatic carbocycles. The highest BCUT2D eigenvalue weighted by molar-refractivity contribution is 5.81. The van der Waals surface area contributed by atoms with Crippen LogP contribution in [0.4, 0.5) is 0 Å². The number of ether oxygens (including phenoxy) is 1. The molecule has 3 rings (SSSR count). The van der Waals surface area contributed by atoms with Gasteiger partial charge in [-0.1, -0.05) is 20.4 Å². The number of hydrogen-bond donors (Lipinski definition) is 2. The fourth-order valence-electron chi connectivity index (χ4n) is 7.33. The molecule has 158 valence electrons. The Morgan fingerprint density at radius 2 is 1.79 bits per heavy atom. The van der Waals surface area contributed by atoms with Crippen molar-refractivity contribution in [3.8, 4) is 0 Å². The lowest BCUT2D eigenvalue weighted by molar-refractivity contribution is -0.203. The summed E-state index contributed by atoms with van der Waals surface area (Å²) in [6, 6.07) is 0. The van der Waals surface area contributed by atoms with E-state index in [9.17, 15) is 19.8 Å². The topological polar surface area (TPSA) is 83.8 Å². The Labute approximate surface area is 168 Å². The van der Waals surface area contributed by atoms with Gasteiger partial charge in [-0.25, -0.2) is 4.79 Å². The van der Waals surface area contributed by atoms with Crippen LogP contribution in [-0.4, -0.2) is 33.9 Å². The van der Waals surface area contributed by atoms with Gasteiger partial charge in [-0.15, -0.1) is 0 Å². The Hall–Kier alpha value is -1.36. The Bertz CT molecular complexity index is 641. The van der Waals surface area contributed by atoms with Crippen molar-refractivity contribution in [2.45, 2.75) is 90.3 Å². The molecular weight excluding hydrogens is 356 g/mol. The predicted molar refractivity (Wildman–Crippen MR) is 107 cm³/mol. The van der Waals surface area contributed by atoms with Crippen LogP contribution in [0.3, 0.4) is 0 Å². The number of aliphatic carboxylic acids is 1. The van der Waals surface area contributed by atoms with Crippen LogP contribution in [0.5, 0.6) is 0 Å². The van der Waals surface area contributed by atoms with Crippen LogP contribution >= 0.6 is 0 Å². The summed E-state index contributed by atoms with van der Waals surface area (Å²) in [5, 5.41) is 20.4. The standard InChI is InChI=1S/C23H36O5/c1-5-20(26)28-16-9-12-21(2)15(14-16)8-11-22(3)17(21)10-13-23(4,27)18(22)6-7-19(24)25/h5,15-18,27H,1,6-14H2,2-4H3,(H,24,25). The fraction of sp³-hybridized carbons (Fsp3) is 0.826. The third-order valence-corrected chi connectivity index (χ3v) is 8.69. The summed E-state index contributed by atoms with van der Waals surface area (Å²) in [7, 11) is 0. The fourth-order valence-corrected chi connectivity index (χ4v) is 7.33. The van der Waals surface area contributed by atoms with Crippen molar-refractivity contribution in [2.24, 2.45) is 28.6 Å². The Morgan fingerprint density at radius 3 is 2.43 bits per heavy atom. The zero-order valence-corrected chi connectivity index (χ0v) is 17.6. The first-order valence-corrected chi connectivity index (χ1v) is 10.8. The highest BCUT2D eigenvalue weighted by Crippen LogP contribution is 2.67. The molecule has 5 heteroatoms. The van der Waals surface area contributed by atoms with Crippen molar-refractivity contribution >= 4 is 11.9 Å². The van der Waals surface area contributed by atoms with Crippen molar-refractivity contribution in [1.82, 2.24) is 0 Å². The summed E-state index contributed by atoms with van der Waals surface area (Å²) in [5.41, 5.74) is -0.699. The quantitative estimate of drug-likeness (QED) is 0.537. The lowest BCUT2D eigenvalue weighted by Crippen LogP contribution is -2.61. The molecule has 28 heavy (non-hydrogen) atoms. The van der Waals surface area contributed by atoms with E-state index in [-0.39, 0.29) is 35.2 Å². The van der Waals surface area contributed by atoms with Crippen molar-refractivity contribution in [2.75, 3.05) is 0 Å². The molecule has 0 aromatic carbocycles. The number of carbonyl (C=O) groups is 2. The van der Waals surface area contributed by atoms with Crippen LogP contribution in [-0.2, 0) is 14.3 Å². The van der Waals surface area contributed by atoms with Gasteiger partial charge in [-0.3, -0.25) is 4.79 Å². The first kappa shape index (κ1) is 21.4. The van der Waals surface area contributed by atoms with E-state index in [0.29, 0.717) is 18.3 Å². The smallest absolute Gasteiger partial charge is 0.330 e. The van der Waals surface area contributed by atoms with E-state index in [1.54, 1.807) is 0 Å². The predicted octanol–water partition coefficient (Wildman–Crippen LogP) is 4.33. The van der Waals surface area contributed by atoms with Gasteiger partial charge in [-0.2, -0.15) is 0 Å². The van der Waals surface area contributed by atoms with Gasteiger partial charge in [0.2, 0.25) is 0 Å². The highest BCUT2D eigenvalue weighted by atomic mass is 16.5. The SMILES string of the molecule is C=CC(=O)OC1CCC2(C)C(CCC3(C)C(CCC(=O)O)C(C)(O)CCC23)C1. The molecule has 5 nitrogen and oxygen atoms in total. The molecule has 3 fully saturated rings. The number of esters is 1. The molecule has 0 radical (unpaired) electrons. The van der Waals surface area contributed by atoms with Crippen molar-refractivity contribution in [3.63, 3.8) is 0 Å². The number of carboxylic acid groups (broad SMARTS) is 1. The lowest BCUT2D eigenvalue weighted by atomic mass is 9.40. The third-order valence-electron chi connectivity index (χ3n) is 8.69. The van der Waals surface area contributed by atoms with Gasteiger partial charge in [0.15, 0.2) is 0 Å². The minimum Gasteiger partial charge on any atom is -0.481 e. The van der Waals surface area contributed by atoms with Crippen molar-refractivity contribution in [3.05, 3.63) is 12.7 Å². The molecule has 0 heterocycles. The number of hydrogen-bond acceptors (Lipinski definition) is 4. The van der Waals surface area contributed by atoms with E-state index in [0.717, 1.165) is 44.9 Å². The van der Waals surface area contributed by atoms with E-state index < -0.39 is 11.6 Å². The maximum absolute atomic E-state index is 11.6. The zero-order valence-electron chi connectivity index (χ0n) is 17.6. The molecular formula is C23H36O5. The van der Waals surface area contributed by atoms with E-state index >= 15 is 0 Å². The summed E-state index contributed by atoms with van der Waals surface area (Å²) >= 11 is 0. The first-order valence-electron chi connectivity index (χ1n) is 10.8. The van der Waals surface area contributed by atoms with Gasteiger partial charge >= 0.3 is 11.9 Å². The largest absolute Gasteiger partial charge is 0.481 e. The van der Waals surface area contributed by atoms with Gasteiger partial charge in [0.1, 0.15) is 6.10 Å².